The minimum atomic E-state index is -5.07. The summed E-state index contributed by atoms with van der Waals surface area (Å²) in [5.74, 6) is -3.86. The number of nitrogens with zero attached hydrogens (tertiary/aromatic N) is 2. The first-order chi connectivity index (χ1) is 11.4. The zero-order valence-electron chi connectivity index (χ0n) is 12.5. The third-order valence-electron chi connectivity index (χ3n) is 3.34. The Morgan fingerprint density at radius 3 is 2.28 bits per heavy atom. The van der Waals surface area contributed by atoms with Gasteiger partial charge in [0, 0.05) is 13.2 Å². The van der Waals surface area contributed by atoms with E-state index in [2.05, 4.69) is 4.98 Å². The molecule has 0 fully saturated rings. The molecule has 1 aromatic carbocycles. The minimum Gasteiger partial charge on any atom is -0.260 e. The molecule has 11 heteroatoms. The average Bonchev–Trinajstić information content (AvgIpc) is 2.49. The molecule has 0 aliphatic carbocycles. The largest absolute Gasteiger partial charge is 0.409 e. The summed E-state index contributed by atoms with van der Waals surface area (Å²) in [5.41, 5.74) is -0.752. The van der Waals surface area contributed by atoms with Crippen molar-refractivity contribution >= 4 is 9.92 Å². The van der Waals surface area contributed by atoms with Crippen LogP contribution in [-0.4, -0.2) is 26.7 Å². The summed E-state index contributed by atoms with van der Waals surface area (Å²) in [5, 5.41) is 0. The van der Waals surface area contributed by atoms with Crippen LogP contribution >= 0.6 is 0 Å². The third-order valence-corrected chi connectivity index (χ3v) is 5.22. The van der Waals surface area contributed by atoms with Gasteiger partial charge in [0.2, 0.25) is 0 Å². The van der Waals surface area contributed by atoms with E-state index in [1.165, 1.54) is 0 Å². The van der Waals surface area contributed by atoms with E-state index in [4.69, 9.17) is 4.78 Å². The highest BCUT2D eigenvalue weighted by atomic mass is 32.2. The first kappa shape index (κ1) is 19.2. The number of hydrogen-bond acceptors (Lipinski definition) is 3. The van der Waals surface area contributed by atoms with Crippen LogP contribution in [0, 0.1) is 22.2 Å². The van der Waals surface area contributed by atoms with E-state index in [1.54, 1.807) is 0 Å². The number of nitrogens with one attached hydrogen (secondary N) is 1. The van der Waals surface area contributed by atoms with Crippen LogP contribution in [0.25, 0.3) is 0 Å². The normalized spacial score (nSPS) is 15.8. The highest BCUT2D eigenvalue weighted by molar-refractivity contribution is 7.90. The molecule has 2 aromatic rings. The molecule has 0 amide bonds. The molecule has 2 rings (SSSR count). The summed E-state index contributed by atoms with van der Waals surface area (Å²) in [4.78, 5) is 2.77. The molecule has 0 aliphatic rings. The Bertz CT molecular complexity index is 884. The van der Waals surface area contributed by atoms with Crippen LogP contribution in [-0.2, 0) is 9.92 Å². The fourth-order valence-electron chi connectivity index (χ4n) is 2.15. The highest BCUT2D eigenvalue weighted by Crippen LogP contribution is 2.40. The van der Waals surface area contributed by atoms with E-state index in [9.17, 15) is 30.6 Å². The van der Waals surface area contributed by atoms with Crippen LogP contribution in [0.2, 0.25) is 0 Å². The Hall–Kier alpha value is -2.14. The Morgan fingerprint density at radius 1 is 1.12 bits per heavy atom. The van der Waals surface area contributed by atoms with Crippen molar-refractivity contribution < 1.29 is 30.6 Å². The van der Waals surface area contributed by atoms with E-state index in [1.807, 2.05) is 0 Å². The molecule has 0 spiro atoms. The van der Waals surface area contributed by atoms with Gasteiger partial charge in [-0.05, 0) is 23.8 Å². The Morgan fingerprint density at radius 2 is 1.76 bits per heavy atom. The van der Waals surface area contributed by atoms with Gasteiger partial charge in [0.15, 0.2) is 11.6 Å². The average molecular weight is 383 g/mol. The standard InChI is InChI=1S/C14H11F6N3OS/c1-23(25(21,24)10-5-9(15)6-22-7-10)13(14(18,19)20)8-2-3-11(16)12(17)4-8/h2-7,13,21H,1H3/t13-,25+/m1/s1. The molecule has 0 radical (unpaired) electrons. The lowest BCUT2D eigenvalue weighted by Crippen LogP contribution is -2.39. The van der Waals surface area contributed by atoms with Crippen molar-refractivity contribution in [3.8, 4) is 0 Å². The first-order valence-electron chi connectivity index (χ1n) is 6.58. The summed E-state index contributed by atoms with van der Waals surface area (Å²) in [7, 11) is -3.60. The lowest BCUT2D eigenvalue weighted by molar-refractivity contribution is -0.170. The van der Waals surface area contributed by atoms with Crippen LogP contribution in [0.5, 0.6) is 0 Å². The van der Waals surface area contributed by atoms with Crippen molar-refractivity contribution in [2.75, 3.05) is 7.05 Å². The zero-order valence-corrected chi connectivity index (χ0v) is 13.3. The lowest BCUT2D eigenvalue weighted by Gasteiger charge is -2.31. The summed E-state index contributed by atoms with van der Waals surface area (Å²) < 4.78 is 100. The molecule has 2 atom stereocenters. The van der Waals surface area contributed by atoms with Crippen LogP contribution in [0.15, 0.2) is 41.6 Å². The monoisotopic (exact) mass is 383 g/mol. The van der Waals surface area contributed by atoms with Gasteiger partial charge in [-0.1, -0.05) is 6.07 Å². The number of aromatic nitrogens is 1. The fourth-order valence-corrected chi connectivity index (χ4v) is 3.49. The Balaban J connectivity index is 2.56. The molecule has 4 nitrogen and oxygen atoms in total. The zero-order chi connectivity index (χ0) is 19.0. The molecule has 25 heavy (non-hydrogen) atoms. The molecule has 0 aliphatic heterocycles. The number of benzene rings is 1. The minimum absolute atomic E-state index is 0.121. The number of alkyl halides is 3. The van der Waals surface area contributed by atoms with E-state index in [0.29, 0.717) is 24.3 Å². The second kappa shape index (κ2) is 6.64. The maximum atomic E-state index is 13.5. The van der Waals surface area contributed by atoms with E-state index >= 15 is 0 Å². The summed E-state index contributed by atoms with van der Waals surface area (Å²) >= 11 is 0. The predicted octanol–water partition coefficient (Wildman–Crippen LogP) is 4.05. The maximum absolute atomic E-state index is 13.5. The quantitative estimate of drug-likeness (QED) is 0.810. The van der Waals surface area contributed by atoms with Crippen molar-refractivity contribution in [2.45, 2.75) is 17.1 Å². The molecular weight excluding hydrogens is 372 g/mol. The molecule has 0 saturated carbocycles. The van der Waals surface area contributed by atoms with Crippen molar-refractivity contribution in [3.63, 3.8) is 0 Å². The van der Waals surface area contributed by atoms with Gasteiger partial charge in [0.25, 0.3) is 0 Å². The van der Waals surface area contributed by atoms with Gasteiger partial charge in [0.05, 0.1) is 11.1 Å². The van der Waals surface area contributed by atoms with Crippen LogP contribution in [0.1, 0.15) is 11.6 Å². The van der Waals surface area contributed by atoms with Gasteiger partial charge in [-0.25, -0.2) is 26.5 Å². The highest BCUT2D eigenvalue weighted by Gasteiger charge is 2.47. The second-order valence-electron chi connectivity index (χ2n) is 5.03. The van der Waals surface area contributed by atoms with Gasteiger partial charge in [0.1, 0.15) is 21.8 Å². The maximum Gasteiger partial charge on any atom is 0.409 e. The van der Waals surface area contributed by atoms with E-state index in [0.717, 1.165) is 19.4 Å². The van der Waals surface area contributed by atoms with Gasteiger partial charge >= 0.3 is 6.18 Å². The Labute approximate surface area is 139 Å². The molecule has 1 aromatic heterocycles. The SMILES string of the molecule is CN([C@H](c1ccc(F)c(F)c1)C(F)(F)F)[S@](=N)(=O)c1cncc(F)c1. The van der Waals surface area contributed by atoms with E-state index < -0.39 is 50.0 Å². The molecular formula is C14H11F6N3OS. The Kier molecular flexibility index (Phi) is 5.09. The number of pyridine rings is 1. The smallest absolute Gasteiger partial charge is 0.260 e. The van der Waals surface area contributed by atoms with Crippen molar-refractivity contribution in [1.82, 2.24) is 9.29 Å². The number of hydrogen-bond donors (Lipinski definition) is 1. The number of rotatable bonds is 4. The molecule has 0 unspecified atom stereocenters. The van der Waals surface area contributed by atoms with Gasteiger partial charge in [-0.2, -0.15) is 13.2 Å². The molecule has 1 N–H and O–H groups in total. The molecule has 0 bridgehead atoms. The lowest BCUT2D eigenvalue weighted by atomic mass is 10.1. The van der Waals surface area contributed by atoms with Crippen molar-refractivity contribution in [1.29, 1.82) is 4.78 Å². The second-order valence-corrected chi connectivity index (χ2v) is 7.13. The fraction of sp³-hybridized carbons (Fsp3) is 0.214. The third kappa shape index (κ3) is 3.93. The van der Waals surface area contributed by atoms with Crippen LogP contribution in [0.3, 0.4) is 0 Å². The van der Waals surface area contributed by atoms with E-state index in [-0.39, 0.29) is 4.31 Å². The summed E-state index contributed by atoms with van der Waals surface area (Å²) in [6, 6.07) is -0.587. The number of halogens is 6. The first-order valence-corrected chi connectivity index (χ1v) is 8.10. The van der Waals surface area contributed by atoms with Gasteiger partial charge < -0.3 is 0 Å². The molecule has 136 valence electrons. The topological polar surface area (TPSA) is 57.1 Å². The van der Waals surface area contributed by atoms with Crippen molar-refractivity contribution in [3.05, 3.63) is 59.7 Å². The van der Waals surface area contributed by atoms with Crippen LogP contribution < -0.4 is 0 Å². The van der Waals surface area contributed by atoms with Gasteiger partial charge in [-0.15, -0.1) is 0 Å². The van der Waals surface area contributed by atoms with Crippen molar-refractivity contribution in [2.24, 2.45) is 0 Å². The summed E-state index contributed by atoms with van der Waals surface area (Å²) in [6.45, 7) is 0. The summed E-state index contributed by atoms with van der Waals surface area (Å²) in [6.07, 6.45) is -3.54. The van der Waals surface area contributed by atoms with Gasteiger partial charge in [-0.3, -0.25) is 4.98 Å². The van der Waals surface area contributed by atoms with Crippen LogP contribution in [0.4, 0.5) is 26.3 Å². The predicted molar refractivity (Wildman–Crippen MR) is 76.2 cm³/mol. The molecule has 1 heterocycles. The molecule has 0 saturated heterocycles.